The van der Waals surface area contributed by atoms with E-state index in [1.165, 1.54) is 22.3 Å². The molecule has 2 heterocycles. The van der Waals surface area contributed by atoms with Crippen LogP contribution in [0.2, 0.25) is 0 Å². The molecule has 0 bridgehead atoms. The molecule has 9 aromatic rings. The standard InChI is InChI=1S/C46H34N4/c1-31-48-44-29-41(42(34-16-8-4-9-17-34)30-46(44)49(31)39-21-10-5-11-22-39)38-20-12-18-35(26-38)36-19-13-23-40(27-36)50-32(2)47-43-28-37(24-25-45(43)50)33-14-6-3-7-15-33/h3-30H,1-2H3. The summed E-state index contributed by atoms with van der Waals surface area (Å²) in [6.45, 7) is 4.16. The summed E-state index contributed by atoms with van der Waals surface area (Å²) in [6, 6.07) is 60.4. The maximum absolute atomic E-state index is 5.04. The zero-order valence-electron chi connectivity index (χ0n) is 28.0. The molecule has 0 radical (unpaired) electrons. The number of aromatic nitrogens is 4. The molecule has 238 valence electrons. The smallest absolute Gasteiger partial charge is 0.111 e. The predicted molar refractivity (Wildman–Crippen MR) is 207 cm³/mol. The van der Waals surface area contributed by atoms with Crippen molar-refractivity contribution in [1.29, 1.82) is 0 Å². The highest BCUT2D eigenvalue weighted by atomic mass is 15.1. The van der Waals surface area contributed by atoms with E-state index >= 15 is 0 Å². The normalized spacial score (nSPS) is 11.4. The first-order valence-corrected chi connectivity index (χ1v) is 17.0. The van der Waals surface area contributed by atoms with Gasteiger partial charge in [-0.25, -0.2) is 9.97 Å². The molecule has 0 fully saturated rings. The maximum atomic E-state index is 5.04. The molecular formula is C46H34N4. The first kappa shape index (κ1) is 29.6. The zero-order valence-corrected chi connectivity index (χ0v) is 28.0. The van der Waals surface area contributed by atoms with E-state index in [1.807, 2.05) is 6.07 Å². The number of para-hydroxylation sites is 1. The number of hydrogen-bond donors (Lipinski definition) is 0. The third kappa shape index (κ3) is 5.19. The molecule has 0 N–H and O–H groups in total. The number of imidazole rings is 2. The second kappa shape index (κ2) is 12.2. The molecule has 0 unspecified atom stereocenters. The lowest BCUT2D eigenvalue weighted by Crippen LogP contribution is -1.97. The first-order chi connectivity index (χ1) is 24.6. The van der Waals surface area contributed by atoms with Crippen molar-refractivity contribution in [2.75, 3.05) is 0 Å². The van der Waals surface area contributed by atoms with Gasteiger partial charge in [0.2, 0.25) is 0 Å². The first-order valence-electron chi connectivity index (χ1n) is 17.0. The van der Waals surface area contributed by atoms with Gasteiger partial charge in [0.25, 0.3) is 0 Å². The Morgan fingerprint density at radius 2 is 0.840 bits per heavy atom. The number of benzene rings is 7. The van der Waals surface area contributed by atoms with Gasteiger partial charge in [0, 0.05) is 11.4 Å². The Labute approximate surface area is 291 Å². The van der Waals surface area contributed by atoms with Gasteiger partial charge in [0.1, 0.15) is 11.6 Å². The van der Waals surface area contributed by atoms with E-state index in [-0.39, 0.29) is 0 Å². The lowest BCUT2D eigenvalue weighted by Gasteiger charge is -2.14. The molecule has 0 saturated heterocycles. The van der Waals surface area contributed by atoms with Gasteiger partial charge in [0.05, 0.1) is 22.1 Å². The summed E-state index contributed by atoms with van der Waals surface area (Å²) in [5, 5.41) is 0. The van der Waals surface area contributed by atoms with Crippen LogP contribution in [-0.2, 0) is 0 Å². The molecule has 2 aromatic heterocycles. The van der Waals surface area contributed by atoms with Crippen LogP contribution >= 0.6 is 0 Å². The number of aryl methyl sites for hydroxylation is 2. The fourth-order valence-electron chi connectivity index (χ4n) is 7.27. The average molecular weight is 643 g/mol. The Hall–Kier alpha value is -6.52. The summed E-state index contributed by atoms with van der Waals surface area (Å²) in [4.78, 5) is 10.0. The van der Waals surface area contributed by atoms with Crippen molar-refractivity contribution in [2.45, 2.75) is 13.8 Å². The zero-order chi connectivity index (χ0) is 33.6. The Morgan fingerprint density at radius 1 is 0.340 bits per heavy atom. The van der Waals surface area contributed by atoms with Crippen molar-refractivity contribution >= 4 is 22.1 Å². The fourth-order valence-corrected chi connectivity index (χ4v) is 7.27. The molecule has 4 nitrogen and oxygen atoms in total. The molecule has 0 aliphatic heterocycles. The van der Waals surface area contributed by atoms with Gasteiger partial charge in [-0.1, -0.05) is 115 Å². The largest absolute Gasteiger partial charge is 0.297 e. The SMILES string of the molecule is Cc1nc2cc(-c3ccccc3)ccc2n1-c1cccc(-c2cccc(-c3cc4nc(C)n(-c5ccccc5)c4cc3-c3ccccc3)c2)c1. The minimum atomic E-state index is 0.960. The highest BCUT2D eigenvalue weighted by Crippen LogP contribution is 2.38. The third-order valence-electron chi connectivity index (χ3n) is 9.60. The Bertz CT molecular complexity index is 2650. The molecule has 0 atom stereocenters. The van der Waals surface area contributed by atoms with Gasteiger partial charge in [-0.15, -0.1) is 0 Å². The molecule has 0 saturated carbocycles. The maximum Gasteiger partial charge on any atom is 0.111 e. The Balaban J connectivity index is 1.14. The van der Waals surface area contributed by atoms with Crippen LogP contribution in [0.3, 0.4) is 0 Å². The molecule has 4 heteroatoms. The minimum Gasteiger partial charge on any atom is -0.297 e. The van der Waals surface area contributed by atoms with Gasteiger partial charge in [-0.05, 0) is 113 Å². The summed E-state index contributed by atoms with van der Waals surface area (Å²) in [5.41, 5.74) is 15.7. The van der Waals surface area contributed by atoms with Gasteiger partial charge in [0.15, 0.2) is 0 Å². The van der Waals surface area contributed by atoms with Crippen LogP contribution < -0.4 is 0 Å². The highest BCUT2D eigenvalue weighted by molar-refractivity contribution is 5.95. The number of hydrogen-bond acceptors (Lipinski definition) is 2. The van der Waals surface area contributed by atoms with E-state index in [2.05, 4.69) is 187 Å². The van der Waals surface area contributed by atoms with Crippen molar-refractivity contribution in [3.8, 4) is 55.9 Å². The van der Waals surface area contributed by atoms with Crippen molar-refractivity contribution in [1.82, 2.24) is 19.1 Å². The quantitative estimate of drug-likeness (QED) is 0.181. The molecule has 0 aliphatic carbocycles. The predicted octanol–water partition coefficient (Wildman–Crippen LogP) is 11.6. The summed E-state index contributed by atoms with van der Waals surface area (Å²) in [7, 11) is 0. The van der Waals surface area contributed by atoms with E-state index in [4.69, 9.17) is 9.97 Å². The van der Waals surface area contributed by atoms with Crippen LogP contribution in [-0.4, -0.2) is 19.1 Å². The second-order valence-corrected chi connectivity index (χ2v) is 12.8. The van der Waals surface area contributed by atoms with Crippen molar-refractivity contribution in [3.05, 3.63) is 182 Å². The van der Waals surface area contributed by atoms with Gasteiger partial charge in [-0.2, -0.15) is 0 Å². The van der Waals surface area contributed by atoms with E-state index in [0.717, 1.165) is 67.3 Å². The van der Waals surface area contributed by atoms with Crippen LogP contribution in [0.1, 0.15) is 11.6 Å². The highest BCUT2D eigenvalue weighted by Gasteiger charge is 2.17. The summed E-state index contributed by atoms with van der Waals surface area (Å²) in [5.74, 6) is 1.92. The Morgan fingerprint density at radius 3 is 1.56 bits per heavy atom. The summed E-state index contributed by atoms with van der Waals surface area (Å²) in [6.07, 6.45) is 0. The van der Waals surface area contributed by atoms with Crippen LogP contribution in [0.4, 0.5) is 0 Å². The fraction of sp³-hybridized carbons (Fsp3) is 0.0435. The Kier molecular flexibility index (Phi) is 7.21. The van der Waals surface area contributed by atoms with Crippen molar-refractivity contribution < 1.29 is 0 Å². The van der Waals surface area contributed by atoms with E-state index in [0.29, 0.717) is 0 Å². The molecule has 0 spiro atoms. The molecule has 0 amide bonds. The topological polar surface area (TPSA) is 35.6 Å². The summed E-state index contributed by atoms with van der Waals surface area (Å²) < 4.78 is 4.50. The van der Waals surface area contributed by atoms with Gasteiger partial charge in [-0.3, -0.25) is 9.13 Å². The lowest BCUT2D eigenvalue weighted by atomic mass is 9.92. The van der Waals surface area contributed by atoms with Crippen LogP contribution in [0, 0.1) is 13.8 Å². The molecular weight excluding hydrogens is 609 g/mol. The average Bonchev–Trinajstić information content (AvgIpc) is 3.69. The van der Waals surface area contributed by atoms with Crippen LogP contribution in [0.25, 0.3) is 77.9 Å². The number of fused-ring (bicyclic) bond motifs is 2. The second-order valence-electron chi connectivity index (χ2n) is 12.8. The summed E-state index contributed by atoms with van der Waals surface area (Å²) >= 11 is 0. The van der Waals surface area contributed by atoms with E-state index < -0.39 is 0 Å². The minimum absolute atomic E-state index is 0.960. The monoisotopic (exact) mass is 642 g/mol. The van der Waals surface area contributed by atoms with Crippen molar-refractivity contribution in [3.63, 3.8) is 0 Å². The number of rotatable bonds is 6. The van der Waals surface area contributed by atoms with Crippen LogP contribution in [0.5, 0.6) is 0 Å². The third-order valence-corrected chi connectivity index (χ3v) is 9.60. The van der Waals surface area contributed by atoms with E-state index in [1.54, 1.807) is 0 Å². The van der Waals surface area contributed by atoms with E-state index in [9.17, 15) is 0 Å². The van der Waals surface area contributed by atoms with Gasteiger partial charge < -0.3 is 0 Å². The van der Waals surface area contributed by atoms with Crippen LogP contribution in [0.15, 0.2) is 170 Å². The molecule has 0 aliphatic rings. The lowest BCUT2D eigenvalue weighted by molar-refractivity contribution is 1.00. The molecule has 9 rings (SSSR count). The molecule has 50 heavy (non-hydrogen) atoms. The molecule has 7 aromatic carbocycles. The van der Waals surface area contributed by atoms with Crippen molar-refractivity contribution in [2.24, 2.45) is 0 Å². The number of nitrogens with zero attached hydrogens (tertiary/aromatic N) is 4. The van der Waals surface area contributed by atoms with Gasteiger partial charge >= 0.3 is 0 Å².